The Bertz CT molecular complexity index is 1330. The Morgan fingerprint density at radius 3 is 2.46 bits per heavy atom. The molecule has 0 bridgehead atoms. The number of anilines is 1. The first-order valence-electron chi connectivity index (χ1n) is 10.5. The number of nitro groups is 1. The Hall–Kier alpha value is -4.44. The topological polar surface area (TPSA) is 119 Å². The van der Waals surface area contributed by atoms with Crippen molar-refractivity contribution in [3.63, 3.8) is 0 Å². The van der Waals surface area contributed by atoms with Crippen molar-refractivity contribution in [2.75, 3.05) is 11.9 Å². The number of nitrogens with one attached hydrogen (secondary N) is 1. The van der Waals surface area contributed by atoms with Crippen LogP contribution in [-0.2, 0) is 16.1 Å². The molecule has 3 aromatic rings. The van der Waals surface area contributed by atoms with Gasteiger partial charge >= 0.3 is 0 Å². The van der Waals surface area contributed by atoms with Gasteiger partial charge in [0.1, 0.15) is 5.75 Å². The van der Waals surface area contributed by atoms with Gasteiger partial charge in [0.15, 0.2) is 6.61 Å². The van der Waals surface area contributed by atoms with Crippen LogP contribution in [0.25, 0.3) is 6.08 Å². The van der Waals surface area contributed by atoms with Gasteiger partial charge < -0.3 is 10.1 Å². The zero-order chi connectivity index (χ0) is 24.8. The van der Waals surface area contributed by atoms with Gasteiger partial charge in [0.25, 0.3) is 22.7 Å². The first-order chi connectivity index (χ1) is 16.9. The van der Waals surface area contributed by atoms with Crippen molar-refractivity contribution in [2.45, 2.75) is 6.54 Å². The van der Waals surface area contributed by atoms with Crippen molar-refractivity contribution < 1.29 is 24.0 Å². The van der Waals surface area contributed by atoms with E-state index in [0.29, 0.717) is 17.0 Å². The fourth-order valence-corrected chi connectivity index (χ4v) is 4.19. The number of hydrogen-bond acceptors (Lipinski definition) is 7. The van der Waals surface area contributed by atoms with E-state index in [2.05, 4.69) is 5.32 Å². The lowest BCUT2D eigenvalue weighted by molar-refractivity contribution is -0.385. The van der Waals surface area contributed by atoms with Crippen LogP contribution in [0.5, 0.6) is 5.75 Å². The predicted molar refractivity (Wildman–Crippen MR) is 132 cm³/mol. The molecule has 10 heteroatoms. The second-order valence-electron chi connectivity index (χ2n) is 7.39. The van der Waals surface area contributed by atoms with Gasteiger partial charge in [0, 0.05) is 22.9 Å². The Morgan fingerprint density at radius 1 is 1.00 bits per heavy atom. The number of hydrogen-bond donors (Lipinski definition) is 1. The molecule has 0 aromatic heterocycles. The summed E-state index contributed by atoms with van der Waals surface area (Å²) >= 11 is 0.739. The molecule has 0 saturated carbocycles. The standard InChI is InChI=1S/C25H19N3O6S/c29-23(26-19-10-2-1-3-11-19)16-34-21-13-7-5-8-17(21)14-22-24(30)27(25(31)35-22)15-18-9-4-6-12-20(18)28(32)33/h1-14H,15-16H2,(H,26,29)/b22-14-. The van der Waals surface area contributed by atoms with Crippen LogP contribution in [0.2, 0.25) is 0 Å². The van der Waals surface area contributed by atoms with Crippen molar-refractivity contribution in [1.82, 2.24) is 4.90 Å². The van der Waals surface area contributed by atoms with E-state index in [0.717, 1.165) is 16.7 Å². The zero-order valence-corrected chi connectivity index (χ0v) is 19.1. The van der Waals surface area contributed by atoms with Gasteiger partial charge in [-0.05, 0) is 36.0 Å². The summed E-state index contributed by atoms with van der Waals surface area (Å²) in [5, 5.41) is 13.5. The summed E-state index contributed by atoms with van der Waals surface area (Å²) in [6.07, 6.45) is 1.51. The maximum absolute atomic E-state index is 12.9. The molecule has 35 heavy (non-hydrogen) atoms. The lowest BCUT2D eigenvalue weighted by Crippen LogP contribution is -2.27. The van der Waals surface area contributed by atoms with Crippen molar-refractivity contribution >= 4 is 46.3 Å². The van der Waals surface area contributed by atoms with E-state index in [4.69, 9.17) is 4.74 Å². The summed E-state index contributed by atoms with van der Waals surface area (Å²) in [5.41, 5.74) is 1.25. The van der Waals surface area contributed by atoms with Gasteiger partial charge in [0.05, 0.1) is 16.4 Å². The van der Waals surface area contributed by atoms with Crippen LogP contribution in [0.15, 0.2) is 83.8 Å². The molecule has 0 unspecified atom stereocenters. The van der Waals surface area contributed by atoms with Crippen LogP contribution >= 0.6 is 11.8 Å². The van der Waals surface area contributed by atoms with Crippen molar-refractivity contribution in [2.24, 2.45) is 0 Å². The molecule has 3 amide bonds. The Labute approximate surface area is 204 Å². The molecule has 0 aliphatic carbocycles. The van der Waals surface area contributed by atoms with E-state index < -0.39 is 16.1 Å². The summed E-state index contributed by atoms with van der Waals surface area (Å²) in [7, 11) is 0. The number of carbonyl (C=O) groups is 3. The Kier molecular flexibility index (Phi) is 7.22. The molecule has 0 radical (unpaired) electrons. The van der Waals surface area contributed by atoms with Crippen molar-refractivity contribution in [1.29, 1.82) is 0 Å². The Morgan fingerprint density at radius 2 is 1.69 bits per heavy atom. The highest BCUT2D eigenvalue weighted by molar-refractivity contribution is 8.18. The number of benzene rings is 3. The molecule has 9 nitrogen and oxygen atoms in total. The van der Waals surface area contributed by atoms with Gasteiger partial charge in [0.2, 0.25) is 0 Å². The number of para-hydroxylation sites is 3. The average Bonchev–Trinajstić information content (AvgIpc) is 3.11. The molecule has 1 saturated heterocycles. The molecule has 176 valence electrons. The maximum atomic E-state index is 12.9. The van der Waals surface area contributed by atoms with Gasteiger partial charge in [-0.25, -0.2) is 0 Å². The van der Waals surface area contributed by atoms with Gasteiger partial charge in [-0.1, -0.05) is 54.6 Å². The first-order valence-corrected chi connectivity index (χ1v) is 11.3. The normalized spacial score (nSPS) is 14.3. The number of thioether (sulfide) groups is 1. The molecular formula is C25H19N3O6S. The largest absolute Gasteiger partial charge is 0.483 e. The number of carbonyl (C=O) groups excluding carboxylic acids is 3. The third kappa shape index (κ3) is 5.74. The van der Waals surface area contributed by atoms with E-state index in [1.807, 2.05) is 6.07 Å². The van der Waals surface area contributed by atoms with Crippen LogP contribution in [0.4, 0.5) is 16.2 Å². The summed E-state index contributed by atoms with van der Waals surface area (Å²) in [6.45, 7) is -0.462. The number of nitro benzene ring substituents is 1. The minimum Gasteiger partial charge on any atom is -0.483 e. The van der Waals surface area contributed by atoms with E-state index in [1.165, 1.54) is 24.3 Å². The van der Waals surface area contributed by atoms with Gasteiger partial charge in [-0.15, -0.1) is 0 Å². The second-order valence-corrected chi connectivity index (χ2v) is 8.39. The first kappa shape index (κ1) is 23.7. The van der Waals surface area contributed by atoms with Gasteiger partial charge in [-0.3, -0.25) is 29.4 Å². The molecule has 0 spiro atoms. The number of ether oxygens (including phenoxy) is 1. The van der Waals surface area contributed by atoms with Crippen molar-refractivity contribution in [3.05, 3.63) is 105 Å². The van der Waals surface area contributed by atoms with Crippen LogP contribution in [0.3, 0.4) is 0 Å². The summed E-state index contributed by atoms with van der Waals surface area (Å²) < 4.78 is 5.66. The van der Waals surface area contributed by atoms with E-state index in [9.17, 15) is 24.5 Å². The molecule has 0 atom stereocenters. The predicted octanol–water partition coefficient (Wildman–Crippen LogP) is 4.85. The number of amides is 3. The van der Waals surface area contributed by atoms with E-state index >= 15 is 0 Å². The quantitative estimate of drug-likeness (QED) is 0.273. The van der Waals surface area contributed by atoms with E-state index in [-0.39, 0.29) is 35.2 Å². The number of nitrogens with zero attached hydrogens (tertiary/aromatic N) is 2. The second kappa shape index (κ2) is 10.7. The molecule has 3 aromatic carbocycles. The molecule has 1 fully saturated rings. The minimum atomic E-state index is -0.560. The third-order valence-electron chi connectivity index (χ3n) is 5.01. The minimum absolute atomic E-state index is 0.151. The molecule has 1 N–H and O–H groups in total. The molecule has 1 aliphatic rings. The zero-order valence-electron chi connectivity index (χ0n) is 18.2. The maximum Gasteiger partial charge on any atom is 0.293 e. The SMILES string of the molecule is O=C(COc1ccccc1/C=C1\SC(=O)N(Cc2ccccc2[N+](=O)[O-])C1=O)Nc1ccccc1. The lowest BCUT2D eigenvalue weighted by Gasteiger charge is -2.12. The van der Waals surface area contributed by atoms with Crippen LogP contribution in [0.1, 0.15) is 11.1 Å². The third-order valence-corrected chi connectivity index (χ3v) is 5.92. The fourth-order valence-electron chi connectivity index (χ4n) is 3.36. The number of rotatable bonds is 8. The summed E-state index contributed by atoms with van der Waals surface area (Å²) in [4.78, 5) is 49.5. The average molecular weight is 490 g/mol. The fraction of sp³-hybridized carbons (Fsp3) is 0.0800. The van der Waals surface area contributed by atoms with Crippen LogP contribution < -0.4 is 10.1 Å². The lowest BCUT2D eigenvalue weighted by atomic mass is 10.1. The van der Waals surface area contributed by atoms with Gasteiger partial charge in [-0.2, -0.15) is 0 Å². The van der Waals surface area contributed by atoms with Crippen molar-refractivity contribution in [3.8, 4) is 5.75 Å². The monoisotopic (exact) mass is 489 g/mol. The highest BCUT2D eigenvalue weighted by atomic mass is 32.2. The summed E-state index contributed by atoms with van der Waals surface area (Å²) in [5.74, 6) is -0.549. The molecule has 1 heterocycles. The highest BCUT2D eigenvalue weighted by Crippen LogP contribution is 2.35. The molecule has 4 rings (SSSR count). The smallest absolute Gasteiger partial charge is 0.293 e. The number of imide groups is 1. The van der Waals surface area contributed by atoms with E-state index in [1.54, 1.807) is 54.6 Å². The molecule has 1 aliphatic heterocycles. The summed E-state index contributed by atoms with van der Waals surface area (Å²) in [6, 6.07) is 21.7. The molecular weight excluding hydrogens is 470 g/mol. The highest BCUT2D eigenvalue weighted by Gasteiger charge is 2.36. The Balaban J connectivity index is 1.47. The van der Waals surface area contributed by atoms with Crippen LogP contribution in [0, 0.1) is 10.1 Å². The van der Waals surface area contributed by atoms with Crippen LogP contribution in [-0.4, -0.2) is 33.5 Å².